The van der Waals surface area contributed by atoms with Gasteiger partial charge in [-0.3, -0.25) is 9.59 Å². The summed E-state index contributed by atoms with van der Waals surface area (Å²) in [7, 11) is 1.38. The maximum absolute atomic E-state index is 14.1. The molecule has 0 unspecified atom stereocenters. The third-order valence-corrected chi connectivity index (χ3v) is 4.36. The molecule has 2 aromatic carbocycles. The first kappa shape index (κ1) is 20.1. The van der Waals surface area contributed by atoms with E-state index in [9.17, 15) is 19.1 Å². The van der Waals surface area contributed by atoms with E-state index >= 15 is 0 Å². The van der Waals surface area contributed by atoms with Gasteiger partial charge in [0.05, 0.1) is 19.6 Å². The van der Waals surface area contributed by atoms with Gasteiger partial charge in [-0.2, -0.15) is 9.78 Å². The number of aryl methyl sites for hydroxylation is 1. The first-order valence-electron chi connectivity index (χ1n) is 8.87. The molecule has 8 heteroatoms. The minimum atomic E-state index is -1.05. The van der Waals surface area contributed by atoms with Gasteiger partial charge in [0.25, 0.3) is 5.91 Å². The van der Waals surface area contributed by atoms with E-state index in [1.54, 1.807) is 24.3 Å². The van der Waals surface area contributed by atoms with Crippen LogP contribution in [0.3, 0.4) is 0 Å². The number of halogens is 1. The van der Waals surface area contributed by atoms with Crippen molar-refractivity contribution in [3.8, 4) is 11.6 Å². The average molecular weight is 397 g/mol. The van der Waals surface area contributed by atoms with Crippen LogP contribution in [0.5, 0.6) is 5.88 Å². The quantitative estimate of drug-likeness (QED) is 0.638. The number of hydrogen-bond acceptors (Lipinski definition) is 4. The molecular weight excluding hydrogens is 377 g/mol. The molecule has 0 saturated heterocycles. The first-order chi connectivity index (χ1) is 13.9. The zero-order valence-electron chi connectivity index (χ0n) is 15.9. The number of ether oxygens (including phenoxy) is 1. The smallest absolute Gasteiger partial charge is 0.305 e. The van der Waals surface area contributed by atoms with Crippen LogP contribution in [-0.2, 0) is 4.79 Å². The molecule has 3 rings (SSSR count). The Morgan fingerprint density at radius 1 is 1.21 bits per heavy atom. The summed E-state index contributed by atoms with van der Waals surface area (Å²) >= 11 is 0. The van der Waals surface area contributed by atoms with Crippen molar-refractivity contribution in [2.24, 2.45) is 0 Å². The van der Waals surface area contributed by atoms with Gasteiger partial charge in [-0.25, -0.2) is 4.39 Å². The van der Waals surface area contributed by atoms with Crippen LogP contribution in [0.2, 0.25) is 0 Å². The average Bonchev–Trinajstić information content (AvgIpc) is 3.12. The predicted molar refractivity (Wildman–Crippen MR) is 104 cm³/mol. The number of carboxylic acid groups (broad SMARTS) is 1. The Morgan fingerprint density at radius 3 is 2.52 bits per heavy atom. The van der Waals surface area contributed by atoms with Crippen molar-refractivity contribution in [3.63, 3.8) is 0 Å². The minimum Gasteiger partial charge on any atom is -0.481 e. The largest absolute Gasteiger partial charge is 0.481 e. The molecule has 0 aliphatic heterocycles. The van der Waals surface area contributed by atoms with Crippen molar-refractivity contribution >= 4 is 11.9 Å². The summed E-state index contributed by atoms with van der Waals surface area (Å²) in [6.07, 6.45) is -0.292. The van der Waals surface area contributed by atoms with Crippen LogP contribution >= 0.6 is 0 Å². The van der Waals surface area contributed by atoms with Crippen LogP contribution in [0, 0.1) is 12.7 Å². The summed E-state index contributed by atoms with van der Waals surface area (Å²) in [5, 5.41) is 16.0. The SMILES string of the molecule is COc1cc(C(=O)N[C@@H](CC(=O)O)c2ccc(C)cc2)nn1-c1ccccc1F. The fourth-order valence-corrected chi connectivity index (χ4v) is 2.87. The van der Waals surface area contributed by atoms with Crippen LogP contribution in [0.15, 0.2) is 54.6 Å². The monoisotopic (exact) mass is 397 g/mol. The minimum absolute atomic E-state index is 0.0207. The normalized spacial score (nSPS) is 11.7. The predicted octanol–water partition coefficient (Wildman–Crippen LogP) is 3.27. The van der Waals surface area contributed by atoms with Crippen LogP contribution in [-0.4, -0.2) is 33.9 Å². The number of nitrogens with one attached hydrogen (secondary N) is 1. The fourth-order valence-electron chi connectivity index (χ4n) is 2.87. The Kier molecular flexibility index (Phi) is 5.92. The second-order valence-corrected chi connectivity index (χ2v) is 6.47. The first-order valence-corrected chi connectivity index (χ1v) is 8.87. The highest BCUT2D eigenvalue weighted by atomic mass is 19.1. The number of methoxy groups -OCH3 is 1. The van der Waals surface area contributed by atoms with E-state index in [2.05, 4.69) is 10.4 Å². The number of carbonyl (C=O) groups excluding carboxylic acids is 1. The van der Waals surface area contributed by atoms with Gasteiger partial charge in [-0.05, 0) is 24.6 Å². The van der Waals surface area contributed by atoms with E-state index in [0.717, 1.165) is 5.56 Å². The summed E-state index contributed by atoms with van der Waals surface area (Å²) < 4.78 is 20.5. The van der Waals surface area contributed by atoms with Gasteiger partial charge in [0.15, 0.2) is 5.69 Å². The van der Waals surface area contributed by atoms with E-state index in [0.29, 0.717) is 5.56 Å². The van der Waals surface area contributed by atoms with Gasteiger partial charge in [0.2, 0.25) is 5.88 Å². The van der Waals surface area contributed by atoms with Crippen molar-refractivity contribution in [3.05, 3.63) is 77.2 Å². The molecule has 1 heterocycles. The number of carboxylic acids is 1. The van der Waals surface area contributed by atoms with Crippen molar-refractivity contribution in [2.75, 3.05) is 7.11 Å². The molecular formula is C21H20FN3O4. The van der Waals surface area contributed by atoms with Crippen LogP contribution < -0.4 is 10.1 Å². The van der Waals surface area contributed by atoms with E-state index in [4.69, 9.17) is 4.74 Å². The summed E-state index contributed by atoms with van der Waals surface area (Å²) in [4.78, 5) is 24.0. The number of para-hydroxylation sites is 1. The number of nitrogens with zero attached hydrogens (tertiary/aromatic N) is 2. The fraction of sp³-hybridized carbons (Fsp3) is 0.190. The van der Waals surface area contributed by atoms with Crippen LogP contribution in [0.1, 0.15) is 34.1 Å². The molecule has 1 atom stereocenters. The third kappa shape index (κ3) is 4.60. The highest BCUT2D eigenvalue weighted by Crippen LogP contribution is 2.23. The van der Waals surface area contributed by atoms with E-state index < -0.39 is 23.7 Å². The molecule has 0 bridgehead atoms. The molecule has 1 amide bonds. The van der Waals surface area contributed by atoms with Gasteiger partial charge in [-0.1, -0.05) is 42.0 Å². The van der Waals surface area contributed by atoms with Gasteiger partial charge in [-0.15, -0.1) is 0 Å². The molecule has 150 valence electrons. The Morgan fingerprint density at radius 2 is 1.90 bits per heavy atom. The molecule has 1 aromatic heterocycles. The van der Waals surface area contributed by atoms with Gasteiger partial charge < -0.3 is 15.2 Å². The Bertz CT molecular complexity index is 1030. The number of aliphatic carboxylic acids is 1. The number of rotatable bonds is 7. The Balaban J connectivity index is 1.89. The zero-order valence-corrected chi connectivity index (χ0v) is 15.9. The molecule has 0 radical (unpaired) electrons. The molecule has 2 N–H and O–H groups in total. The maximum atomic E-state index is 14.1. The van der Waals surface area contributed by atoms with E-state index in [-0.39, 0.29) is 23.7 Å². The Labute approximate surface area is 166 Å². The summed E-state index contributed by atoms with van der Waals surface area (Å²) in [5.74, 6) is -2.00. The molecule has 3 aromatic rings. The molecule has 0 fully saturated rings. The maximum Gasteiger partial charge on any atom is 0.305 e. The lowest BCUT2D eigenvalue weighted by atomic mass is 10.0. The summed E-state index contributed by atoms with van der Waals surface area (Å²) in [6.45, 7) is 1.91. The number of benzene rings is 2. The lowest BCUT2D eigenvalue weighted by molar-refractivity contribution is -0.137. The number of aromatic nitrogens is 2. The lowest BCUT2D eigenvalue weighted by Gasteiger charge is -2.17. The molecule has 0 saturated carbocycles. The van der Waals surface area contributed by atoms with Crippen molar-refractivity contribution in [1.82, 2.24) is 15.1 Å². The van der Waals surface area contributed by atoms with E-state index in [1.165, 1.54) is 30.0 Å². The number of amides is 1. The van der Waals surface area contributed by atoms with Crippen LogP contribution in [0.4, 0.5) is 4.39 Å². The summed E-state index contributed by atoms with van der Waals surface area (Å²) in [6, 6.07) is 13.8. The molecule has 7 nitrogen and oxygen atoms in total. The van der Waals surface area contributed by atoms with Crippen molar-refractivity contribution in [1.29, 1.82) is 0 Å². The summed E-state index contributed by atoms with van der Waals surface area (Å²) in [5.41, 5.74) is 1.78. The highest BCUT2D eigenvalue weighted by molar-refractivity contribution is 5.93. The molecule has 29 heavy (non-hydrogen) atoms. The topological polar surface area (TPSA) is 93.4 Å². The highest BCUT2D eigenvalue weighted by Gasteiger charge is 2.23. The second-order valence-electron chi connectivity index (χ2n) is 6.47. The Hall–Kier alpha value is -3.68. The molecule has 0 aliphatic carbocycles. The number of carbonyl (C=O) groups is 2. The third-order valence-electron chi connectivity index (χ3n) is 4.36. The number of hydrogen-bond donors (Lipinski definition) is 2. The second kappa shape index (κ2) is 8.55. The van der Waals surface area contributed by atoms with Gasteiger partial charge in [0, 0.05) is 6.07 Å². The van der Waals surface area contributed by atoms with E-state index in [1.807, 2.05) is 19.1 Å². The van der Waals surface area contributed by atoms with Gasteiger partial charge >= 0.3 is 5.97 Å². The standard InChI is InChI=1S/C21H20FN3O4/c1-13-7-9-14(10-8-13)16(12-20(26)27)23-21(28)17-11-19(29-2)25(24-17)18-6-4-3-5-15(18)22/h3-11,16H,12H2,1-2H3,(H,23,28)(H,26,27)/t16-/m0/s1. The van der Waals surface area contributed by atoms with Crippen molar-refractivity contribution < 1.29 is 23.8 Å². The molecule has 0 aliphatic rings. The van der Waals surface area contributed by atoms with Crippen LogP contribution in [0.25, 0.3) is 5.69 Å². The van der Waals surface area contributed by atoms with Crippen molar-refractivity contribution in [2.45, 2.75) is 19.4 Å². The zero-order chi connectivity index (χ0) is 21.0. The molecule has 0 spiro atoms. The lowest BCUT2D eigenvalue weighted by Crippen LogP contribution is -2.30. The van der Waals surface area contributed by atoms with Gasteiger partial charge in [0.1, 0.15) is 11.5 Å².